The highest BCUT2D eigenvalue weighted by Crippen LogP contribution is 2.68. The van der Waals surface area contributed by atoms with Gasteiger partial charge in [-0.05, 0) is 255 Å². The molecular weight excluding hydrogens is 1680 g/mol. The lowest BCUT2D eigenvalue weighted by Gasteiger charge is -2.36. The molecule has 2 aliphatic carbocycles. The van der Waals surface area contributed by atoms with Crippen LogP contribution in [0.3, 0.4) is 0 Å². The normalized spacial score (nSPS) is 13.7. The number of furan rings is 4. The van der Waals surface area contributed by atoms with E-state index in [2.05, 4.69) is 510 Å². The molecule has 1 unspecified atom stereocenters. The highest BCUT2D eigenvalue weighted by Gasteiger charge is 2.53. The lowest BCUT2D eigenvalue weighted by Crippen LogP contribution is -2.29. The largest absolute Gasteiger partial charge is 0.455 e. The second-order valence-corrected chi connectivity index (χ2v) is 37.7. The number of rotatable bonds is 19. The fourth-order valence-electron chi connectivity index (χ4n) is 23.1. The zero-order valence-electron chi connectivity index (χ0n) is 77.3. The van der Waals surface area contributed by atoms with Gasteiger partial charge in [-0.1, -0.05) is 325 Å². The van der Waals surface area contributed by atoms with Gasteiger partial charge in [0.25, 0.3) is 0 Å². The number of aryl methyl sites for hydroxylation is 2. The molecule has 8 nitrogen and oxygen atoms in total. The summed E-state index contributed by atoms with van der Waals surface area (Å²) in [5.41, 5.74) is 35.5. The van der Waals surface area contributed by atoms with Crippen LogP contribution in [0.25, 0.3) is 121 Å². The Labute approximate surface area is 801 Å². The summed E-state index contributed by atoms with van der Waals surface area (Å²) in [5, 5.41) is 7.99. The molecule has 0 amide bonds. The van der Waals surface area contributed by atoms with E-state index >= 15 is 0 Å². The van der Waals surface area contributed by atoms with Gasteiger partial charge in [0.1, 0.15) is 33.5 Å². The maximum atomic E-state index is 8.07. The summed E-state index contributed by atoms with van der Waals surface area (Å²) < 4.78 is 31.2. The minimum absolute atomic E-state index is 0.319. The van der Waals surface area contributed by atoms with Crippen LogP contribution < -0.4 is 19.6 Å². The molecule has 24 aromatic rings. The van der Waals surface area contributed by atoms with Crippen LogP contribution in [-0.2, 0) is 10.8 Å². The standard InChI is InChI=1S/C130H94N4O4/c1-81(2)85-62-69-97(70-63-85)131(93-44-20-10-21-45-93)109-77-108-124(127-117(109)101-54-28-31-57-113(101)136-127)121-106(79-111(125-119(121)103-56-30-33-59-115(103)135-125)132(94-46-22-11-23-47-94)98-71-64-86(65-72-98)82(3)4)130(108,91-42-18-9-19-43-91)92-67-60-87(61-68-92)88-66-73-104-116(76-88)138-126-112(134(96-50-26-13-27-51-96)100-53-35-37-84(6)75-100)80-105-122(120(104)126)123-107(129(105,89-38-14-7-15-39-89)90-40-16-8-17-41-90)78-110(118-102-55-29-32-58-114(102)137-128(118)123)133(95-48-24-12-25-49-95)99-52-34-36-83(5)74-99/h7-82H,1-6H3. The van der Waals surface area contributed by atoms with E-state index in [1.165, 1.54) is 11.1 Å². The van der Waals surface area contributed by atoms with Crippen molar-refractivity contribution in [3.05, 3.63) is 516 Å². The van der Waals surface area contributed by atoms with Crippen molar-refractivity contribution < 1.29 is 17.7 Å². The Balaban J connectivity index is 0.762. The van der Waals surface area contributed by atoms with Crippen LogP contribution in [0.2, 0.25) is 0 Å². The van der Waals surface area contributed by atoms with Gasteiger partial charge in [0.15, 0.2) is 11.2 Å². The molecule has 2 aliphatic rings. The molecule has 0 radical (unpaired) electrons. The summed E-state index contributed by atoms with van der Waals surface area (Å²) in [7, 11) is 0. The van der Waals surface area contributed by atoms with E-state index in [-0.39, 0.29) is 0 Å². The number of hydrogen-bond donors (Lipinski definition) is 0. The van der Waals surface area contributed by atoms with Crippen molar-refractivity contribution in [2.45, 2.75) is 64.2 Å². The van der Waals surface area contributed by atoms with Crippen LogP contribution in [-0.4, -0.2) is 0 Å². The molecule has 138 heavy (non-hydrogen) atoms. The SMILES string of the molecule is Cc1cccc(N(c2ccccc2)c2cc3c(c4c2oc2cc(-c5ccc(C6(c7ccccc7)c7cc(N(c8ccccc8)c8ccc(C(C)C)cc8)c8c(oc9ccccc98)c7-c7c6cc(N(c6ccccc6)c6ccc(C(C)C)cc6)c6oc8ccccc8c76)cc5)ccc24)-c2c(cc(N(c4ccccc4)c4cccc(C)c4)c4c2oc2ccccc24)C3(c2ccccc2)c2ccccc2)c1. The van der Waals surface area contributed by atoms with Crippen molar-refractivity contribution in [3.63, 3.8) is 0 Å². The van der Waals surface area contributed by atoms with E-state index < -0.39 is 10.8 Å². The van der Waals surface area contributed by atoms with Crippen molar-refractivity contribution in [2.24, 2.45) is 0 Å². The first kappa shape index (κ1) is 81.6. The van der Waals surface area contributed by atoms with Gasteiger partial charge in [-0.2, -0.15) is 0 Å². The molecule has 1 atom stereocenters. The average molecular weight is 1780 g/mol. The molecular formula is C130H94N4O4. The Morgan fingerprint density at radius 1 is 0.203 bits per heavy atom. The van der Waals surface area contributed by atoms with E-state index in [1.54, 1.807) is 0 Å². The molecule has 26 rings (SSSR count). The zero-order valence-corrected chi connectivity index (χ0v) is 77.3. The maximum absolute atomic E-state index is 8.07. The molecule has 4 heterocycles. The first-order chi connectivity index (χ1) is 67.9. The molecule has 0 spiro atoms. The quantitative estimate of drug-likeness (QED) is 0.0793. The van der Waals surface area contributed by atoms with Crippen molar-refractivity contribution in [2.75, 3.05) is 19.6 Å². The number of nitrogens with zero attached hydrogens (tertiary/aromatic N) is 4. The second-order valence-electron chi connectivity index (χ2n) is 37.7. The van der Waals surface area contributed by atoms with Gasteiger partial charge < -0.3 is 37.3 Å². The van der Waals surface area contributed by atoms with Crippen LogP contribution in [0.15, 0.2) is 467 Å². The van der Waals surface area contributed by atoms with Crippen LogP contribution in [0.5, 0.6) is 0 Å². The fraction of sp³-hybridized carbons (Fsp3) is 0.0769. The van der Waals surface area contributed by atoms with Crippen LogP contribution in [0, 0.1) is 13.8 Å². The Hall–Kier alpha value is -17.2. The topological polar surface area (TPSA) is 65.5 Å². The van der Waals surface area contributed by atoms with Crippen molar-refractivity contribution in [1.29, 1.82) is 0 Å². The summed E-state index contributed by atoms with van der Waals surface area (Å²) in [6, 6.07) is 165. The molecule has 20 aromatic carbocycles. The van der Waals surface area contributed by atoms with Crippen LogP contribution in [0.4, 0.5) is 68.2 Å². The fourth-order valence-corrected chi connectivity index (χ4v) is 23.1. The average Bonchev–Trinajstić information content (AvgIpc) is 1.50. The van der Waals surface area contributed by atoms with E-state index in [4.69, 9.17) is 17.7 Å². The van der Waals surface area contributed by atoms with E-state index in [9.17, 15) is 0 Å². The van der Waals surface area contributed by atoms with Gasteiger partial charge in [-0.3, -0.25) is 0 Å². The van der Waals surface area contributed by atoms with Crippen LogP contribution in [0.1, 0.15) is 106 Å². The summed E-state index contributed by atoms with van der Waals surface area (Å²) in [6.07, 6.45) is 0. The smallest absolute Gasteiger partial charge is 0.160 e. The number of benzene rings is 20. The van der Waals surface area contributed by atoms with Gasteiger partial charge >= 0.3 is 0 Å². The summed E-state index contributed by atoms with van der Waals surface area (Å²) in [6.45, 7) is 13.4. The molecule has 4 aromatic heterocycles. The van der Waals surface area contributed by atoms with Gasteiger partial charge in [-0.15, -0.1) is 0 Å². The molecule has 0 aliphatic heterocycles. The molecule has 0 saturated heterocycles. The Morgan fingerprint density at radius 2 is 0.486 bits per heavy atom. The van der Waals surface area contributed by atoms with Crippen molar-refractivity contribution in [3.8, 4) is 33.4 Å². The number of hydrogen-bond acceptors (Lipinski definition) is 8. The number of anilines is 12. The third kappa shape index (κ3) is 12.5. The third-order valence-electron chi connectivity index (χ3n) is 29.2. The monoisotopic (exact) mass is 1770 g/mol. The van der Waals surface area contributed by atoms with Gasteiger partial charge in [0.2, 0.25) is 0 Å². The highest BCUT2D eigenvalue weighted by molar-refractivity contribution is 6.29. The van der Waals surface area contributed by atoms with Gasteiger partial charge in [0.05, 0.1) is 44.4 Å². The van der Waals surface area contributed by atoms with Gasteiger partial charge in [0, 0.05) is 100 Å². The molecule has 0 fully saturated rings. The maximum Gasteiger partial charge on any atom is 0.160 e. The third-order valence-corrected chi connectivity index (χ3v) is 29.2. The van der Waals surface area contributed by atoms with Crippen molar-refractivity contribution >= 4 is 156 Å². The van der Waals surface area contributed by atoms with E-state index in [1.807, 2.05) is 0 Å². The molecule has 8 heteroatoms. The Bertz CT molecular complexity index is 8860. The Morgan fingerprint density at radius 3 is 0.870 bits per heavy atom. The highest BCUT2D eigenvalue weighted by atomic mass is 16.3. The zero-order chi connectivity index (χ0) is 92.2. The first-order valence-corrected chi connectivity index (χ1v) is 48.0. The van der Waals surface area contributed by atoms with Crippen LogP contribution >= 0.6 is 0 Å². The van der Waals surface area contributed by atoms with Crippen molar-refractivity contribution in [1.82, 2.24) is 0 Å². The molecule has 0 bridgehead atoms. The second kappa shape index (κ2) is 32.3. The molecule has 658 valence electrons. The predicted molar refractivity (Wildman–Crippen MR) is 572 cm³/mol. The Kier molecular flexibility index (Phi) is 19.1. The van der Waals surface area contributed by atoms with E-state index in [0.717, 1.165) is 245 Å². The summed E-state index contributed by atoms with van der Waals surface area (Å²) >= 11 is 0. The number of fused-ring (bicyclic) bond motifs is 22. The first-order valence-electron chi connectivity index (χ1n) is 48.0. The van der Waals surface area contributed by atoms with Gasteiger partial charge in [-0.25, -0.2) is 0 Å². The molecule has 0 N–H and O–H groups in total. The molecule has 0 saturated carbocycles. The minimum atomic E-state index is -1.10. The lowest BCUT2D eigenvalue weighted by molar-refractivity contribution is 0.668. The predicted octanol–water partition coefficient (Wildman–Crippen LogP) is 36.4. The minimum Gasteiger partial charge on any atom is -0.455 e. The number of para-hydroxylation sites is 7. The van der Waals surface area contributed by atoms with E-state index in [0.29, 0.717) is 11.8 Å². The summed E-state index contributed by atoms with van der Waals surface area (Å²) in [4.78, 5) is 9.73. The lowest BCUT2D eigenvalue weighted by atomic mass is 9.67. The summed E-state index contributed by atoms with van der Waals surface area (Å²) in [5.74, 6) is 0.641.